The van der Waals surface area contributed by atoms with Crippen molar-refractivity contribution in [3.8, 4) is 0 Å². The smallest absolute Gasteiger partial charge is 0.409 e. The van der Waals surface area contributed by atoms with Crippen LogP contribution in [0.3, 0.4) is 0 Å². The monoisotopic (exact) mass is 385 g/mol. The number of piperidine rings is 1. The minimum Gasteiger partial charge on any atom is -0.450 e. The maximum Gasteiger partial charge on any atom is 0.409 e. The van der Waals surface area contributed by atoms with Crippen LogP contribution in [0.1, 0.15) is 30.9 Å². The Morgan fingerprint density at radius 1 is 1.18 bits per heavy atom. The molecule has 2 N–H and O–H groups in total. The van der Waals surface area contributed by atoms with Crippen molar-refractivity contribution >= 4 is 12.1 Å². The van der Waals surface area contributed by atoms with Crippen molar-refractivity contribution < 1.29 is 14.3 Å². The van der Waals surface area contributed by atoms with Gasteiger partial charge in [-0.3, -0.25) is 0 Å². The summed E-state index contributed by atoms with van der Waals surface area (Å²) in [6, 6.07) is 8.04. The predicted octanol–water partition coefficient (Wildman–Crippen LogP) is 2.35. The average molecular weight is 385 g/mol. The second-order valence-electron chi connectivity index (χ2n) is 6.84. The Hall–Kier alpha value is -3.03. The Kier molecular flexibility index (Phi) is 6.89. The maximum atomic E-state index is 12.1. The molecule has 1 aromatic heterocycles. The van der Waals surface area contributed by atoms with Gasteiger partial charge in [0, 0.05) is 44.6 Å². The van der Waals surface area contributed by atoms with E-state index in [9.17, 15) is 9.59 Å². The Labute approximate surface area is 164 Å². The second kappa shape index (κ2) is 9.77. The van der Waals surface area contributed by atoms with Gasteiger partial charge in [0.2, 0.25) is 0 Å². The fourth-order valence-corrected chi connectivity index (χ4v) is 3.19. The molecule has 0 spiro atoms. The van der Waals surface area contributed by atoms with E-state index in [2.05, 4.69) is 27.8 Å². The molecule has 28 heavy (non-hydrogen) atoms. The molecule has 0 bridgehead atoms. The van der Waals surface area contributed by atoms with E-state index in [0.717, 1.165) is 24.9 Å². The molecule has 1 aliphatic heterocycles. The summed E-state index contributed by atoms with van der Waals surface area (Å²) in [4.78, 5) is 29.6. The number of benzene rings is 1. The first kappa shape index (κ1) is 19.7. The van der Waals surface area contributed by atoms with Crippen molar-refractivity contribution in [3.05, 3.63) is 54.1 Å². The Morgan fingerprint density at radius 2 is 1.89 bits per heavy atom. The molecule has 150 valence electrons. The maximum absolute atomic E-state index is 12.1. The van der Waals surface area contributed by atoms with Gasteiger partial charge in [-0.1, -0.05) is 24.3 Å². The first-order valence-corrected chi connectivity index (χ1v) is 9.63. The number of nitrogens with one attached hydrogen (secondary N) is 2. The molecular formula is C20H27N5O3. The second-order valence-corrected chi connectivity index (χ2v) is 6.84. The van der Waals surface area contributed by atoms with Crippen molar-refractivity contribution in [1.82, 2.24) is 25.1 Å². The van der Waals surface area contributed by atoms with Gasteiger partial charge in [-0.15, -0.1) is 0 Å². The third-order valence-corrected chi connectivity index (χ3v) is 4.76. The number of rotatable bonds is 6. The molecule has 1 saturated heterocycles. The molecule has 2 aromatic rings. The summed E-state index contributed by atoms with van der Waals surface area (Å²) in [5.41, 5.74) is 2.22. The Balaban J connectivity index is 1.37. The largest absolute Gasteiger partial charge is 0.450 e. The molecule has 0 unspecified atom stereocenters. The van der Waals surface area contributed by atoms with E-state index < -0.39 is 0 Å². The number of ether oxygens (including phenoxy) is 1. The number of hydrogen-bond donors (Lipinski definition) is 2. The van der Waals surface area contributed by atoms with Gasteiger partial charge in [-0.2, -0.15) is 0 Å². The highest BCUT2D eigenvalue weighted by molar-refractivity contribution is 5.74. The van der Waals surface area contributed by atoms with Crippen LogP contribution in [0.4, 0.5) is 9.59 Å². The van der Waals surface area contributed by atoms with Gasteiger partial charge in [-0.25, -0.2) is 14.6 Å². The SMILES string of the molecule is CCOC(=O)N1CCC(NC(=O)NCc2ccc(Cn3ccnc3)cc2)CC1. The van der Waals surface area contributed by atoms with Crippen molar-refractivity contribution in [1.29, 1.82) is 0 Å². The lowest BCUT2D eigenvalue weighted by Crippen LogP contribution is -2.49. The van der Waals surface area contributed by atoms with Gasteiger partial charge < -0.3 is 24.8 Å². The lowest BCUT2D eigenvalue weighted by molar-refractivity contribution is 0.0957. The number of carbonyl (C=O) groups is 2. The number of urea groups is 1. The van der Waals surface area contributed by atoms with Crippen molar-refractivity contribution in [3.63, 3.8) is 0 Å². The molecule has 3 amide bonds. The fraction of sp³-hybridized carbons (Fsp3) is 0.450. The third-order valence-electron chi connectivity index (χ3n) is 4.76. The van der Waals surface area contributed by atoms with Crippen LogP contribution in [0.25, 0.3) is 0 Å². The lowest BCUT2D eigenvalue weighted by Gasteiger charge is -2.31. The van der Waals surface area contributed by atoms with Crippen molar-refractivity contribution in [2.45, 2.75) is 38.9 Å². The van der Waals surface area contributed by atoms with Crippen LogP contribution < -0.4 is 10.6 Å². The molecule has 0 radical (unpaired) electrons. The summed E-state index contributed by atoms with van der Waals surface area (Å²) in [6.45, 7) is 4.62. The van der Waals surface area contributed by atoms with Crippen LogP contribution in [0.5, 0.6) is 0 Å². The lowest BCUT2D eigenvalue weighted by atomic mass is 10.1. The number of carbonyl (C=O) groups excluding carboxylic acids is 2. The predicted molar refractivity (Wildman–Crippen MR) is 105 cm³/mol. The zero-order valence-electron chi connectivity index (χ0n) is 16.1. The van der Waals surface area contributed by atoms with E-state index in [1.54, 1.807) is 24.3 Å². The third kappa shape index (κ3) is 5.73. The quantitative estimate of drug-likeness (QED) is 0.799. The molecule has 1 fully saturated rings. The highest BCUT2D eigenvalue weighted by Crippen LogP contribution is 2.11. The summed E-state index contributed by atoms with van der Waals surface area (Å²) in [7, 11) is 0. The molecule has 2 heterocycles. The molecule has 8 heteroatoms. The Bertz CT molecular complexity index is 753. The Morgan fingerprint density at radius 3 is 2.54 bits per heavy atom. The van der Waals surface area contributed by atoms with Gasteiger partial charge >= 0.3 is 12.1 Å². The van der Waals surface area contributed by atoms with E-state index in [4.69, 9.17) is 4.74 Å². The molecule has 3 rings (SSSR count). The van der Waals surface area contributed by atoms with E-state index in [1.807, 2.05) is 22.9 Å². The van der Waals surface area contributed by atoms with Crippen LogP contribution in [0.15, 0.2) is 43.0 Å². The molecule has 8 nitrogen and oxygen atoms in total. The van der Waals surface area contributed by atoms with Crippen LogP contribution in [-0.4, -0.2) is 52.3 Å². The van der Waals surface area contributed by atoms with Gasteiger partial charge in [0.15, 0.2) is 0 Å². The van der Waals surface area contributed by atoms with Gasteiger partial charge in [-0.05, 0) is 30.9 Å². The fourth-order valence-electron chi connectivity index (χ4n) is 3.19. The summed E-state index contributed by atoms with van der Waals surface area (Å²) in [5, 5.41) is 5.88. The zero-order chi connectivity index (χ0) is 19.8. The summed E-state index contributed by atoms with van der Waals surface area (Å²) >= 11 is 0. The molecule has 0 atom stereocenters. The van der Waals surface area contributed by atoms with Crippen LogP contribution >= 0.6 is 0 Å². The van der Waals surface area contributed by atoms with Crippen molar-refractivity contribution in [2.75, 3.05) is 19.7 Å². The molecule has 1 aliphatic rings. The minimum atomic E-state index is -0.276. The van der Waals surface area contributed by atoms with Gasteiger partial charge in [0.1, 0.15) is 0 Å². The summed E-state index contributed by atoms with van der Waals surface area (Å²) in [5.74, 6) is 0. The highest BCUT2D eigenvalue weighted by atomic mass is 16.6. The standard InChI is InChI=1S/C20H27N5O3/c1-2-28-20(27)25-10-7-18(8-11-25)23-19(26)22-13-16-3-5-17(6-4-16)14-24-12-9-21-15-24/h3-6,9,12,15,18H,2,7-8,10-11,13-14H2,1H3,(H2,22,23,26). The summed E-state index contributed by atoms with van der Waals surface area (Å²) in [6.07, 6.45) is 6.66. The number of likely N-dealkylation sites (tertiary alicyclic amines) is 1. The number of nitrogens with zero attached hydrogens (tertiary/aromatic N) is 3. The number of aromatic nitrogens is 2. The average Bonchev–Trinajstić information content (AvgIpc) is 3.21. The van der Waals surface area contributed by atoms with E-state index in [-0.39, 0.29) is 18.2 Å². The number of amides is 3. The molecule has 0 aliphatic carbocycles. The van der Waals surface area contributed by atoms with E-state index in [1.165, 1.54) is 5.56 Å². The molecule has 1 aromatic carbocycles. The number of hydrogen-bond acceptors (Lipinski definition) is 4. The normalized spacial score (nSPS) is 14.5. The first-order chi connectivity index (χ1) is 13.6. The summed E-state index contributed by atoms with van der Waals surface area (Å²) < 4.78 is 7.01. The van der Waals surface area contributed by atoms with Crippen LogP contribution in [0, 0.1) is 0 Å². The number of imidazole rings is 1. The van der Waals surface area contributed by atoms with Crippen molar-refractivity contribution in [2.24, 2.45) is 0 Å². The van der Waals surface area contributed by atoms with Crippen LogP contribution in [-0.2, 0) is 17.8 Å². The van der Waals surface area contributed by atoms with E-state index >= 15 is 0 Å². The first-order valence-electron chi connectivity index (χ1n) is 9.63. The minimum absolute atomic E-state index is 0.0724. The van der Waals surface area contributed by atoms with Gasteiger partial charge in [0.25, 0.3) is 0 Å². The topological polar surface area (TPSA) is 88.5 Å². The molecular weight excluding hydrogens is 358 g/mol. The highest BCUT2D eigenvalue weighted by Gasteiger charge is 2.24. The molecule has 0 saturated carbocycles. The van der Waals surface area contributed by atoms with E-state index in [0.29, 0.717) is 26.2 Å². The zero-order valence-corrected chi connectivity index (χ0v) is 16.1. The van der Waals surface area contributed by atoms with Gasteiger partial charge in [0.05, 0.1) is 12.9 Å². The van der Waals surface area contributed by atoms with Crippen LogP contribution in [0.2, 0.25) is 0 Å².